The first kappa shape index (κ1) is 19.4. The van der Waals surface area contributed by atoms with Crippen LogP contribution >= 0.6 is 11.6 Å². The molecule has 2 aromatic carbocycles. The summed E-state index contributed by atoms with van der Waals surface area (Å²) in [6, 6.07) is 16.3. The first-order chi connectivity index (χ1) is 14.5. The second kappa shape index (κ2) is 7.85. The molecule has 0 aliphatic rings. The average molecular weight is 417 g/mol. The van der Waals surface area contributed by atoms with E-state index in [4.69, 9.17) is 17.3 Å². The van der Waals surface area contributed by atoms with Gasteiger partial charge in [-0.25, -0.2) is 4.98 Å². The number of benzene rings is 2. The van der Waals surface area contributed by atoms with Gasteiger partial charge >= 0.3 is 0 Å². The van der Waals surface area contributed by atoms with Crippen molar-refractivity contribution in [3.8, 4) is 17.3 Å². The number of aromatic nitrogens is 3. The second-order valence-electron chi connectivity index (χ2n) is 6.74. The van der Waals surface area contributed by atoms with Crippen molar-refractivity contribution in [3.05, 3.63) is 81.1 Å². The summed E-state index contributed by atoms with van der Waals surface area (Å²) < 4.78 is 0. The molecule has 0 spiro atoms. The summed E-state index contributed by atoms with van der Waals surface area (Å²) >= 11 is 6.35. The van der Waals surface area contributed by atoms with Gasteiger partial charge in [0.05, 0.1) is 28.5 Å². The fraction of sp³-hybridized carbons (Fsp3) is 0.0909. The molecule has 0 bridgehead atoms. The smallest absolute Gasteiger partial charge is 0.222 e. The molecule has 8 heteroatoms. The molecule has 1 atom stereocenters. The lowest BCUT2D eigenvalue weighted by Gasteiger charge is -2.20. The molecule has 0 saturated carbocycles. The van der Waals surface area contributed by atoms with Gasteiger partial charge in [0.2, 0.25) is 5.95 Å². The minimum atomic E-state index is -0.492. The van der Waals surface area contributed by atoms with Crippen molar-refractivity contribution in [1.82, 2.24) is 15.0 Å². The van der Waals surface area contributed by atoms with Gasteiger partial charge in [-0.2, -0.15) is 10.2 Å². The number of hydrogen-bond donors (Lipinski definition) is 3. The van der Waals surface area contributed by atoms with E-state index in [0.29, 0.717) is 27.2 Å². The molecule has 0 saturated heterocycles. The normalized spacial score (nSPS) is 11.8. The zero-order valence-electron chi connectivity index (χ0n) is 16.0. The van der Waals surface area contributed by atoms with Crippen molar-refractivity contribution in [2.75, 3.05) is 11.1 Å². The molecule has 7 nitrogen and oxygen atoms in total. The van der Waals surface area contributed by atoms with Crippen LogP contribution in [0.1, 0.15) is 24.1 Å². The fourth-order valence-corrected chi connectivity index (χ4v) is 3.62. The number of nitrogen functional groups attached to an aromatic ring is 1. The zero-order valence-corrected chi connectivity index (χ0v) is 16.7. The molecule has 148 valence electrons. The Kier molecular flexibility index (Phi) is 5.09. The van der Waals surface area contributed by atoms with Gasteiger partial charge in [0.15, 0.2) is 5.43 Å². The minimum absolute atomic E-state index is 0.0335. The van der Waals surface area contributed by atoms with Gasteiger partial charge < -0.3 is 16.0 Å². The van der Waals surface area contributed by atoms with E-state index in [-0.39, 0.29) is 22.8 Å². The summed E-state index contributed by atoms with van der Waals surface area (Å²) in [4.78, 5) is 24.8. The summed E-state index contributed by atoms with van der Waals surface area (Å²) in [5.41, 5.74) is 8.30. The molecule has 0 fully saturated rings. The number of fused-ring (bicyclic) bond motifs is 1. The third kappa shape index (κ3) is 3.45. The highest BCUT2D eigenvalue weighted by Crippen LogP contribution is 2.30. The maximum absolute atomic E-state index is 13.5. The maximum Gasteiger partial charge on any atom is 0.222 e. The van der Waals surface area contributed by atoms with E-state index in [0.717, 1.165) is 5.56 Å². The Balaban J connectivity index is 1.93. The van der Waals surface area contributed by atoms with E-state index >= 15 is 0 Å². The minimum Gasteiger partial charge on any atom is -0.368 e. The maximum atomic E-state index is 13.5. The van der Waals surface area contributed by atoms with E-state index in [9.17, 15) is 10.1 Å². The quantitative estimate of drug-likeness (QED) is 0.457. The Morgan fingerprint density at radius 1 is 1.20 bits per heavy atom. The molecular weight excluding hydrogens is 400 g/mol. The third-order valence-electron chi connectivity index (χ3n) is 4.80. The van der Waals surface area contributed by atoms with E-state index in [1.807, 2.05) is 43.3 Å². The molecular formula is C22H17ClN6O. The Morgan fingerprint density at radius 2 is 1.97 bits per heavy atom. The number of para-hydroxylation sites is 1. The van der Waals surface area contributed by atoms with Gasteiger partial charge in [0.1, 0.15) is 17.5 Å². The SMILES string of the molecule is CC(Nc1nc(N)ncc1C#N)c1c(-c2ccccc2)[nH]c2c(Cl)cccc2c1=O. The topological polar surface area (TPSA) is 120 Å². The fourth-order valence-electron chi connectivity index (χ4n) is 3.40. The van der Waals surface area contributed by atoms with Crippen molar-refractivity contribution >= 4 is 34.3 Å². The van der Waals surface area contributed by atoms with Gasteiger partial charge in [-0.15, -0.1) is 0 Å². The average Bonchev–Trinajstić information content (AvgIpc) is 2.75. The Morgan fingerprint density at radius 3 is 2.70 bits per heavy atom. The van der Waals surface area contributed by atoms with Crippen LogP contribution in [-0.2, 0) is 0 Å². The van der Waals surface area contributed by atoms with Gasteiger partial charge in [-0.1, -0.05) is 48.0 Å². The van der Waals surface area contributed by atoms with Crippen molar-refractivity contribution in [2.45, 2.75) is 13.0 Å². The number of nitriles is 1. The predicted molar refractivity (Wildman–Crippen MR) is 118 cm³/mol. The number of nitrogens with zero attached hydrogens (tertiary/aromatic N) is 3. The number of halogens is 1. The van der Waals surface area contributed by atoms with Crippen molar-refractivity contribution in [3.63, 3.8) is 0 Å². The molecule has 0 aliphatic carbocycles. The van der Waals surface area contributed by atoms with Crippen LogP contribution in [0, 0.1) is 11.3 Å². The van der Waals surface area contributed by atoms with Crippen LogP contribution in [0.4, 0.5) is 11.8 Å². The summed E-state index contributed by atoms with van der Waals surface area (Å²) in [7, 11) is 0. The lowest BCUT2D eigenvalue weighted by atomic mass is 9.97. The van der Waals surface area contributed by atoms with E-state index < -0.39 is 6.04 Å². The number of aromatic amines is 1. The molecule has 4 rings (SSSR count). The molecule has 1 unspecified atom stereocenters. The molecule has 4 aromatic rings. The summed E-state index contributed by atoms with van der Waals surface area (Å²) in [6.07, 6.45) is 1.35. The van der Waals surface area contributed by atoms with Crippen LogP contribution in [0.25, 0.3) is 22.2 Å². The standard InChI is InChI=1S/C22H17ClN6O/c1-12(27-21-14(10-24)11-26-22(25)29-21)17-18(13-6-3-2-4-7-13)28-19-15(20(17)30)8-5-9-16(19)23/h2-9,11-12H,1H3,(H,28,30)(H3,25,26,27,29). The van der Waals surface area contributed by atoms with Gasteiger partial charge in [-0.05, 0) is 24.6 Å². The highest BCUT2D eigenvalue weighted by Gasteiger charge is 2.21. The molecule has 30 heavy (non-hydrogen) atoms. The van der Waals surface area contributed by atoms with Crippen molar-refractivity contribution in [1.29, 1.82) is 5.26 Å². The molecule has 0 amide bonds. The monoisotopic (exact) mass is 416 g/mol. The Bertz CT molecular complexity index is 1340. The van der Waals surface area contributed by atoms with Crippen LogP contribution in [0.3, 0.4) is 0 Å². The van der Waals surface area contributed by atoms with Crippen LogP contribution < -0.4 is 16.5 Å². The lowest BCUT2D eigenvalue weighted by molar-refractivity contribution is 0.862. The lowest BCUT2D eigenvalue weighted by Crippen LogP contribution is -2.21. The van der Waals surface area contributed by atoms with E-state index in [2.05, 4.69) is 20.3 Å². The predicted octanol–water partition coefficient (Wildman–Crippen LogP) is 4.27. The van der Waals surface area contributed by atoms with Crippen LogP contribution in [0.2, 0.25) is 5.02 Å². The van der Waals surface area contributed by atoms with Gasteiger partial charge in [0, 0.05) is 10.9 Å². The summed E-state index contributed by atoms with van der Waals surface area (Å²) in [6.45, 7) is 1.83. The Labute approximate surface area is 177 Å². The highest BCUT2D eigenvalue weighted by molar-refractivity contribution is 6.35. The van der Waals surface area contributed by atoms with Crippen molar-refractivity contribution < 1.29 is 0 Å². The summed E-state index contributed by atoms with van der Waals surface area (Å²) in [5.74, 6) is 0.299. The largest absolute Gasteiger partial charge is 0.368 e. The van der Waals surface area contributed by atoms with E-state index in [1.54, 1.807) is 18.2 Å². The first-order valence-electron chi connectivity index (χ1n) is 9.18. The third-order valence-corrected chi connectivity index (χ3v) is 5.11. The van der Waals surface area contributed by atoms with Crippen molar-refractivity contribution in [2.24, 2.45) is 0 Å². The molecule has 2 heterocycles. The zero-order chi connectivity index (χ0) is 21.3. The number of H-pyrrole nitrogens is 1. The number of nitrogens with two attached hydrogens (primary N) is 1. The number of hydrogen-bond acceptors (Lipinski definition) is 6. The number of anilines is 2. The number of pyridine rings is 1. The second-order valence-corrected chi connectivity index (χ2v) is 7.15. The number of rotatable bonds is 4. The van der Waals surface area contributed by atoms with Gasteiger partial charge in [-0.3, -0.25) is 4.79 Å². The molecule has 0 radical (unpaired) electrons. The van der Waals surface area contributed by atoms with Gasteiger partial charge in [0.25, 0.3) is 0 Å². The molecule has 2 aromatic heterocycles. The number of nitrogens with one attached hydrogen (secondary N) is 2. The molecule has 4 N–H and O–H groups in total. The van der Waals surface area contributed by atoms with Crippen LogP contribution in [0.5, 0.6) is 0 Å². The van der Waals surface area contributed by atoms with E-state index in [1.165, 1.54) is 6.20 Å². The van der Waals surface area contributed by atoms with Crippen LogP contribution in [-0.4, -0.2) is 15.0 Å². The molecule has 0 aliphatic heterocycles. The summed E-state index contributed by atoms with van der Waals surface area (Å²) in [5, 5.41) is 13.4. The van der Waals surface area contributed by atoms with Crippen LogP contribution in [0.15, 0.2) is 59.5 Å². The highest BCUT2D eigenvalue weighted by atomic mass is 35.5. The Hall–Kier alpha value is -3.89. The first-order valence-corrected chi connectivity index (χ1v) is 9.56.